The molecule has 0 N–H and O–H groups in total. The Morgan fingerprint density at radius 1 is 1.00 bits per heavy atom. The summed E-state index contributed by atoms with van der Waals surface area (Å²) >= 11 is 0. The molecule has 0 unspecified atom stereocenters. The number of hydrogen-bond donors (Lipinski definition) is 0. The first kappa shape index (κ1) is 19.1. The molecule has 2 heterocycles. The first-order valence-corrected chi connectivity index (χ1v) is 10.2. The highest BCUT2D eigenvalue weighted by Crippen LogP contribution is 2.27. The summed E-state index contributed by atoms with van der Waals surface area (Å²) in [7, 11) is 0. The summed E-state index contributed by atoms with van der Waals surface area (Å²) in [6, 6.07) is 22.1. The van der Waals surface area contributed by atoms with Gasteiger partial charge in [0.25, 0.3) is 0 Å². The third kappa shape index (κ3) is 4.29. The lowest BCUT2D eigenvalue weighted by atomic mass is 9.95. The van der Waals surface area contributed by atoms with Gasteiger partial charge < -0.3 is 9.80 Å². The molecule has 1 aliphatic heterocycles. The van der Waals surface area contributed by atoms with Gasteiger partial charge in [0, 0.05) is 42.9 Å². The second-order valence-corrected chi connectivity index (χ2v) is 7.31. The number of para-hydroxylation sites is 1. The highest BCUT2D eigenvalue weighted by Gasteiger charge is 2.29. The molecule has 148 valence electrons. The molecule has 5 nitrogen and oxygen atoms in total. The van der Waals surface area contributed by atoms with Crippen LogP contribution in [-0.4, -0.2) is 35.5 Å². The number of piperidine rings is 1. The quantitative estimate of drug-likeness (QED) is 0.652. The molecule has 0 aliphatic carbocycles. The second kappa shape index (κ2) is 8.86. The van der Waals surface area contributed by atoms with Crippen molar-refractivity contribution in [3.63, 3.8) is 0 Å². The van der Waals surface area contributed by atoms with Crippen LogP contribution in [0.1, 0.15) is 19.8 Å². The van der Waals surface area contributed by atoms with E-state index < -0.39 is 0 Å². The third-order valence-electron chi connectivity index (χ3n) is 5.54. The SMILES string of the molecule is CCN(C(=O)C1CCN(c2cc(-c3ccccc3)ncn2)CC1)c1ccccc1. The van der Waals surface area contributed by atoms with Gasteiger partial charge in [-0.2, -0.15) is 0 Å². The summed E-state index contributed by atoms with van der Waals surface area (Å²) in [5, 5.41) is 0. The van der Waals surface area contributed by atoms with Gasteiger partial charge in [-0.1, -0.05) is 48.5 Å². The fraction of sp³-hybridized carbons (Fsp3) is 0.292. The topological polar surface area (TPSA) is 49.3 Å². The van der Waals surface area contributed by atoms with E-state index in [1.165, 1.54) is 0 Å². The molecule has 1 saturated heterocycles. The van der Waals surface area contributed by atoms with Crippen molar-refractivity contribution in [2.24, 2.45) is 5.92 Å². The van der Waals surface area contributed by atoms with Crippen LogP contribution >= 0.6 is 0 Å². The molecule has 1 fully saturated rings. The fourth-order valence-corrected chi connectivity index (χ4v) is 3.94. The Morgan fingerprint density at radius 3 is 2.31 bits per heavy atom. The van der Waals surface area contributed by atoms with Crippen molar-refractivity contribution in [1.82, 2.24) is 9.97 Å². The maximum Gasteiger partial charge on any atom is 0.230 e. The number of anilines is 2. The van der Waals surface area contributed by atoms with E-state index in [-0.39, 0.29) is 11.8 Å². The monoisotopic (exact) mass is 386 g/mol. The number of benzene rings is 2. The first-order chi connectivity index (χ1) is 14.3. The second-order valence-electron chi connectivity index (χ2n) is 7.31. The number of carbonyl (C=O) groups excluding carboxylic acids is 1. The van der Waals surface area contributed by atoms with E-state index in [1.54, 1.807) is 6.33 Å². The largest absolute Gasteiger partial charge is 0.356 e. The zero-order valence-corrected chi connectivity index (χ0v) is 16.7. The third-order valence-corrected chi connectivity index (χ3v) is 5.54. The summed E-state index contributed by atoms with van der Waals surface area (Å²) in [5.41, 5.74) is 2.99. The normalized spacial score (nSPS) is 14.6. The van der Waals surface area contributed by atoms with E-state index >= 15 is 0 Å². The van der Waals surface area contributed by atoms with Crippen molar-refractivity contribution in [3.8, 4) is 11.3 Å². The van der Waals surface area contributed by atoms with Crippen molar-refractivity contribution >= 4 is 17.4 Å². The molecule has 29 heavy (non-hydrogen) atoms. The van der Waals surface area contributed by atoms with E-state index in [0.29, 0.717) is 6.54 Å². The molecule has 0 saturated carbocycles. The van der Waals surface area contributed by atoms with E-state index in [0.717, 1.165) is 48.7 Å². The molecule has 0 bridgehead atoms. The molecule has 2 aromatic carbocycles. The van der Waals surface area contributed by atoms with Crippen molar-refractivity contribution < 1.29 is 4.79 Å². The molecule has 0 spiro atoms. The maximum atomic E-state index is 13.1. The standard InChI is InChI=1S/C24H26N4O/c1-2-28(21-11-7-4-8-12-21)24(29)20-13-15-27(16-14-20)23-17-22(25-18-26-23)19-9-5-3-6-10-19/h3-12,17-18,20H,2,13-16H2,1H3. The summed E-state index contributed by atoms with van der Waals surface area (Å²) in [4.78, 5) is 26.1. The summed E-state index contributed by atoms with van der Waals surface area (Å²) in [6.45, 7) is 4.38. The average molecular weight is 386 g/mol. The number of amides is 1. The molecule has 1 amide bonds. The van der Waals surface area contributed by atoms with Gasteiger partial charge in [-0.05, 0) is 31.9 Å². The summed E-state index contributed by atoms with van der Waals surface area (Å²) in [6.07, 6.45) is 3.31. The van der Waals surface area contributed by atoms with Crippen molar-refractivity contribution in [2.45, 2.75) is 19.8 Å². The predicted octanol–water partition coefficient (Wildman–Crippen LogP) is 4.41. The van der Waals surface area contributed by atoms with Gasteiger partial charge in [0.05, 0.1) is 5.69 Å². The van der Waals surface area contributed by atoms with Gasteiger partial charge in [0.1, 0.15) is 12.1 Å². The Morgan fingerprint density at radius 2 is 1.66 bits per heavy atom. The van der Waals surface area contributed by atoms with Gasteiger partial charge in [-0.25, -0.2) is 9.97 Å². The smallest absolute Gasteiger partial charge is 0.230 e. The lowest BCUT2D eigenvalue weighted by Gasteiger charge is -2.34. The maximum absolute atomic E-state index is 13.1. The van der Waals surface area contributed by atoms with Gasteiger partial charge in [-0.3, -0.25) is 4.79 Å². The van der Waals surface area contributed by atoms with Crippen LogP contribution in [0.3, 0.4) is 0 Å². The number of nitrogens with zero attached hydrogens (tertiary/aromatic N) is 4. The Kier molecular flexibility index (Phi) is 5.84. The lowest BCUT2D eigenvalue weighted by Crippen LogP contribution is -2.43. The minimum Gasteiger partial charge on any atom is -0.356 e. The van der Waals surface area contributed by atoms with Crippen molar-refractivity contribution in [2.75, 3.05) is 29.4 Å². The zero-order chi connectivity index (χ0) is 20.1. The highest BCUT2D eigenvalue weighted by atomic mass is 16.2. The predicted molar refractivity (Wildman–Crippen MR) is 117 cm³/mol. The molecule has 3 aromatic rings. The molecule has 0 atom stereocenters. The highest BCUT2D eigenvalue weighted by molar-refractivity contribution is 5.95. The van der Waals surface area contributed by atoms with E-state index in [4.69, 9.17) is 0 Å². The molecular weight excluding hydrogens is 360 g/mol. The summed E-state index contributed by atoms with van der Waals surface area (Å²) < 4.78 is 0. The molecular formula is C24H26N4O. The molecule has 0 radical (unpaired) electrons. The Labute approximate surface area is 172 Å². The Bertz CT molecular complexity index is 937. The number of carbonyl (C=O) groups is 1. The van der Waals surface area contributed by atoms with Crippen molar-refractivity contribution in [1.29, 1.82) is 0 Å². The van der Waals surface area contributed by atoms with Gasteiger partial charge in [0.15, 0.2) is 0 Å². The van der Waals surface area contributed by atoms with Crippen LogP contribution in [0.15, 0.2) is 73.1 Å². The molecule has 1 aliphatic rings. The van der Waals surface area contributed by atoms with Gasteiger partial charge in [-0.15, -0.1) is 0 Å². The van der Waals surface area contributed by atoms with E-state index in [2.05, 4.69) is 27.0 Å². The van der Waals surface area contributed by atoms with Gasteiger partial charge in [0.2, 0.25) is 5.91 Å². The van der Waals surface area contributed by atoms with E-state index in [9.17, 15) is 4.79 Å². The van der Waals surface area contributed by atoms with Crippen molar-refractivity contribution in [3.05, 3.63) is 73.1 Å². The van der Waals surface area contributed by atoms with Crippen LogP contribution in [0.5, 0.6) is 0 Å². The molecule has 5 heteroatoms. The van der Waals surface area contributed by atoms with Crippen LogP contribution in [-0.2, 0) is 4.79 Å². The lowest BCUT2D eigenvalue weighted by molar-refractivity contribution is -0.122. The van der Waals surface area contributed by atoms with Crippen LogP contribution in [0.4, 0.5) is 11.5 Å². The minimum absolute atomic E-state index is 0.0573. The van der Waals surface area contributed by atoms with E-state index in [1.807, 2.05) is 66.4 Å². The Hall–Kier alpha value is -3.21. The molecule has 1 aromatic heterocycles. The fourth-order valence-electron chi connectivity index (χ4n) is 3.94. The Balaban J connectivity index is 1.43. The molecule has 4 rings (SSSR count). The summed E-state index contributed by atoms with van der Waals surface area (Å²) in [5.74, 6) is 1.22. The van der Waals surface area contributed by atoms with Crippen LogP contribution < -0.4 is 9.80 Å². The van der Waals surface area contributed by atoms with Crippen LogP contribution in [0, 0.1) is 5.92 Å². The van der Waals surface area contributed by atoms with Crippen LogP contribution in [0.25, 0.3) is 11.3 Å². The number of hydrogen-bond acceptors (Lipinski definition) is 4. The number of rotatable bonds is 5. The first-order valence-electron chi connectivity index (χ1n) is 10.2. The van der Waals surface area contributed by atoms with Gasteiger partial charge >= 0.3 is 0 Å². The minimum atomic E-state index is 0.0573. The zero-order valence-electron chi connectivity index (χ0n) is 16.7. The number of aromatic nitrogens is 2. The average Bonchev–Trinajstić information content (AvgIpc) is 2.81. The van der Waals surface area contributed by atoms with Crippen LogP contribution in [0.2, 0.25) is 0 Å².